The number of nitrogens with zero attached hydrogens (tertiary/aromatic N) is 1. The molecule has 1 heterocycles. The van der Waals surface area contributed by atoms with E-state index in [1.165, 1.54) is 17.6 Å². The molecule has 0 amide bonds. The summed E-state index contributed by atoms with van der Waals surface area (Å²) in [4.78, 5) is 9.78. The molecule has 4 nitrogen and oxygen atoms in total. The fourth-order valence-corrected chi connectivity index (χ4v) is 2.45. The van der Waals surface area contributed by atoms with Crippen LogP contribution in [0.2, 0.25) is 5.02 Å². The van der Waals surface area contributed by atoms with Crippen molar-refractivity contribution < 1.29 is 9.02 Å². The van der Waals surface area contributed by atoms with E-state index in [9.17, 15) is 0 Å². The van der Waals surface area contributed by atoms with Crippen LogP contribution in [0, 0.1) is 0 Å². The third kappa shape index (κ3) is 4.98. The number of hydrogen-bond acceptors (Lipinski definition) is 5. The highest BCUT2D eigenvalue weighted by Crippen LogP contribution is 2.26. The van der Waals surface area contributed by atoms with Gasteiger partial charge in [-0.1, -0.05) is 30.7 Å². The predicted octanol–water partition coefficient (Wildman–Crippen LogP) is 3.43. The van der Waals surface area contributed by atoms with E-state index in [-0.39, 0.29) is 0 Å². The minimum atomic E-state index is 0.408. The molecule has 1 aliphatic rings. The van der Waals surface area contributed by atoms with E-state index in [1.54, 1.807) is 0 Å². The van der Waals surface area contributed by atoms with Gasteiger partial charge in [-0.3, -0.25) is 15.3 Å². The first kappa shape index (κ1) is 15.6. The summed E-state index contributed by atoms with van der Waals surface area (Å²) in [6.45, 7) is 3.92. The van der Waals surface area contributed by atoms with Crippen LogP contribution in [0.5, 0.6) is 0 Å². The van der Waals surface area contributed by atoms with E-state index in [0.29, 0.717) is 19.1 Å². The summed E-state index contributed by atoms with van der Waals surface area (Å²) in [5.74, 6) is 2.25. The first-order valence-electron chi connectivity index (χ1n) is 6.70. The van der Waals surface area contributed by atoms with E-state index >= 15 is 0 Å². The Balaban J connectivity index is 1.66. The lowest BCUT2D eigenvalue weighted by Gasteiger charge is -2.10. The Morgan fingerprint density at radius 3 is 2.90 bits per heavy atom. The van der Waals surface area contributed by atoms with Crippen molar-refractivity contribution in [3.8, 4) is 0 Å². The molecule has 1 aromatic carbocycles. The van der Waals surface area contributed by atoms with Crippen molar-refractivity contribution >= 4 is 29.5 Å². The number of hydroxylamine groups is 1. The molecule has 0 radical (unpaired) electrons. The quantitative estimate of drug-likeness (QED) is 0.476. The second-order valence-electron chi connectivity index (χ2n) is 4.42. The molecule has 6 heteroatoms. The van der Waals surface area contributed by atoms with E-state index < -0.39 is 0 Å². The molecule has 1 unspecified atom stereocenters. The topological polar surface area (TPSA) is 42.9 Å². The van der Waals surface area contributed by atoms with Gasteiger partial charge in [0.2, 0.25) is 0 Å². The van der Waals surface area contributed by atoms with Gasteiger partial charge in [0.25, 0.3) is 0 Å². The average molecular weight is 315 g/mol. The van der Waals surface area contributed by atoms with Crippen LogP contribution in [0.15, 0.2) is 29.3 Å². The van der Waals surface area contributed by atoms with Crippen LogP contribution in [0.4, 0.5) is 0 Å². The van der Waals surface area contributed by atoms with Gasteiger partial charge in [0.1, 0.15) is 5.84 Å². The Kier molecular flexibility index (Phi) is 6.66. The Morgan fingerprint density at radius 2 is 2.15 bits per heavy atom. The monoisotopic (exact) mass is 314 g/mol. The average Bonchev–Trinajstić information content (AvgIpc) is 2.92. The van der Waals surface area contributed by atoms with E-state index in [1.807, 2.05) is 19.1 Å². The van der Waals surface area contributed by atoms with Crippen LogP contribution in [-0.2, 0) is 9.02 Å². The van der Waals surface area contributed by atoms with Crippen LogP contribution >= 0.6 is 23.6 Å². The molecule has 1 atom stereocenters. The zero-order chi connectivity index (χ0) is 14.2. The third-order valence-electron chi connectivity index (χ3n) is 2.94. The van der Waals surface area contributed by atoms with E-state index in [2.05, 4.69) is 22.6 Å². The largest absolute Gasteiger partial charge is 0.313 e. The number of amidine groups is 1. The summed E-state index contributed by atoms with van der Waals surface area (Å²) in [5, 5.41) is 0.763. The van der Waals surface area contributed by atoms with E-state index in [0.717, 1.165) is 29.6 Å². The number of halogens is 1. The van der Waals surface area contributed by atoms with Gasteiger partial charge in [-0.2, -0.15) is 0 Å². The predicted molar refractivity (Wildman–Crippen MR) is 84.3 cm³/mol. The number of rotatable bonds is 7. The molecular weight excluding hydrogens is 296 g/mol. The molecule has 0 fully saturated rings. The number of benzene rings is 1. The highest BCUT2D eigenvalue weighted by Gasteiger charge is 2.20. The van der Waals surface area contributed by atoms with Crippen LogP contribution < -0.4 is 5.48 Å². The Hall–Kier alpha value is -0.750. The van der Waals surface area contributed by atoms with Gasteiger partial charge < -0.3 is 4.18 Å². The SMILES string of the molecule is CCSOCCONC1=NCC(c2ccc(Cl)cc2)C1. The summed E-state index contributed by atoms with van der Waals surface area (Å²) in [6, 6.07) is 7.95. The summed E-state index contributed by atoms with van der Waals surface area (Å²) in [6.07, 6.45) is 0.867. The van der Waals surface area contributed by atoms with Crippen molar-refractivity contribution in [2.75, 3.05) is 25.5 Å². The number of hydrogen-bond donors (Lipinski definition) is 1. The maximum atomic E-state index is 5.89. The maximum absolute atomic E-state index is 5.89. The van der Waals surface area contributed by atoms with Crippen LogP contribution in [-0.4, -0.2) is 31.3 Å². The van der Waals surface area contributed by atoms with Crippen molar-refractivity contribution in [2.24, 2.45) is 4.99 Å². The fourth-order valence-electron chi connectivity index (χ4n) is 1.97. The third-order valence-corrected chi connectivity index (χ3v) is 3.76. The Morgan fingerprint density at radius 1 is 1.35 bits per heavy atom. The van der Waals surface area contributed by atoms with Gasteiger partial charge in [-0.15, -0.1) is 0 Å². The van der Waals surface area contributed by atoms with Gasteiger partial charge in [0.05, 0.1) is 13.2 Å². The standard InChI is InChI=1S/C14H19ClN2O2S/c1-2-20-19-8-7-18-17-14-9-12(10-16-14)11-3-5-13(15)6-4-11/h3-6,12H,2,7-10H2,1H3,(H,16,17). The zero-order valence-electron chi connectivity index (χ0n) is 11.5. The minimum absolute atomic E-state index is 0.408. The smallest absolute Gasteiger partial charge is 0.121 e. The lowest BCUT2D eigenvalue weighted by molar-refractivity contribution is 0.0634. The molecule has 1 aromatic rings. The molecule has 110 valence electrons. The molecular formula is C14H19ClN2O2S. The van der Waals surface area contributed by atoms with E-state index in [4.69, 9.17) is 20.6 Å². The lowest BCUT2D eigenvalue weighted by Crippen LogP contribution is -2.24. The highest BCUT2D eigenvalue weighted by atomic mass is 35.5. The molecule has 0 saturated carbocycles. The molecule has 0 saturated heterocycles. The van der Waals surface area contributed by atoms with Gasteiger partial charge >= 0.3 is 0 Å². The second-order valence-corrected chi connectivity index (χ2v) is 5.90. The molecule has 0 bridgehead atoms. The molecule has 0 aliphatic carbocycles. The Labute approximate surface area is 129 Å². The first-order chi connectivity index (χ1) is 9.79. The summed E-state index contributed by atoms with van der Waals surface area (Å²) < 4.78 is 5.25. The summed E-state index contributed by atoms with van der Waals surface area (Å²) in [7, 11) is 0. The molecule has 1 aliphatic heterocycles. The van der Waals surface area contributed by atoms with Gasteiger partial charge in [-0.25, -0.2) is 0 Å². The van der Waals surface area contributed by atoms with Crippen molar-refractivity contribution in [3.63, 3.8) is 0 Å². The second kappa shape index (κ2) is 8.52. The number of nitrogens with one attached hydrogen (secondary N) is 1. The van der Waals surface area contributed by atoms with Crippen LogP contribution in [0.25, 0.3) is 0 Å². The summed E-state index contributed by atoms with van der Waals surface area (Å²) >= 11 is 7.33. The van der Waals surface area contributed by atoms with Crippen LogP contribution in [0.3, 0.4) is 0 Å². The molecule has 20 heavy (non-hydrogen) atoms. The van der Waals surface area contributed by atoms with Gasteiger partial charge in [0, 0.05) is 29.7 Å². The van der Waals surface area contributed by atoms with Crippen LogP contribution in [0.1, 0.15) is 24.8 Å². The van der Waals surface area contributed by atoms with Gasteiger partial charge in [0.15, 0.2) is 0 Å². The fraction of sp³-hybridized carbons (Fsp3) is 0.500. The van der Waals surface area contributed by atoms with Crippen molar-refractivity contribution in [1.82, 2.24) is 5.48 Å². The Bertz CT molecular complexity index is 439. The van der Waals surface area contributed by atoms with Crippen molar-refractivity contribution in [1.29, 1.82) is 0 Å². The molecule has 0 aromatic heterocycles. The molecule has 0 spiro atoms. The first-order valence-corrected chi connectivity index (χ1v) is 7.99. The lowest BCUT2D eigenvalue weighted by atomic mass is 9.98. The van der Waals surface area contributed by atoms with Gasteiger partial charge in [-0.05, 0) is 29.7 Å². The van der Waals surface area contributed by atoms with Crippen molar-refractivity contribution in [3.05, 3.63) is 34.9 Å². The number of aliphatic imine (C=N–C) groups is 1. The normalized spacial score (nSPS) is 18.1. The molecule has 2 rings (SSSR count). The maximum Gasteiger partial charge on any atom is 0.121 e. The van der Waals surface area contributed by atoms with Crippen molar-refractivity contribution in [2.45, 2.75) is 19.3 Å². The highest BCUT2D eigenvalue weighted by molar-refractivity contribution is 7.94. The summed E-state index contributed by atoms with van der Waals surface area (Å²) in [5.41, 5.74) is 4.17. The zero-order valence-corrected chi connectivity index (χ0v) is 13.0. The minimum Gasteiger partial charge on any atom is -0.313 e. The molecule has 1 N–H and O–H groups in total.